The molecule has 1 rings (SSSR count). The lowest BCUT2D eigenvalue weighted by Gasteiger charge is -2.25. The van der Waals surface area contributed by atoms with Crippen LogP contribution >= 0.6 is 9.39 Å². The van der Waals surface area contributed by atoms with Crippen LogP contribution < -0.4 is 4.72 Å². The highest BCUT2D eigenvalue weighted by molar-refractivity contribution is 7.84. The zero-order chi connectivity index (χ0) is 10.8. The summed E-state index contributed by atoms with van der Waals surface area (Å²) in [5.41, 5.74) is 1.11. The van der Waals surface area contributed by atoms with Crippen LogP contribution in [0.25, 0.3) is 0 Å². The van der Waals surface area contributed by atoms with Crippen molar-refractivity contribution in [1.29, 1.82) is 0 Å². The van der Waals surface area contributed by atoms with E-state index < -0.39 is 11.0 Å². The number of nitrogens with zero attached hydrogens (tertiary/aromatic N) is 1. The van der Waals surface area contributed by atoms with Crippen LogP contribution in [0.3, 0.4) is 0 Å². The molecule has 0 aliphatic carbocycles. The fourth-order valence-electron chi connectivity index (χ4n) is 1.05. The molecule has 0 saturated carbocycles. The summed E-state index contributed by atoms with van der Waals surface area (Å²) in [5, 5.41) is 0. The van der Waals surface area contributed by atoms with Crippen molar-refractivity contribution in [2.45, 2.75) is 31.9 Å². The van der Waals surface area contributed by atoms with Gasteiger partial charge in [-0.2, -0.15) is 0 Å². The molecule has 1 aliphatic heterocycles. The van der Waals surface area contributed by atoms with E-state index in [2.05, 4.69) is 24.9 Å². The molecule has 3 nitrogen and oxygen atoms in total. The van der Waals surface area contributed by atoms with E-state index >= 15 is 0 Å². The van der Waals surface area contributed by atoms with Crippen LogP contribution in [0.2, 0.25) is 0 Å². The lowest BCUT2D eigenvalue weighted by atomic mass is 10.2. The highest BCUT2D eigenvalue weighted by Gasteiger charge is 2.20. The summed E-state index contributed by atoms with van der Waals surface area (Å²) in [5.74, 6) is 0. The monoisotopic (exact) mass is 234 g/mol. The van der Waals surface area contributed by atoms with Gasteiger partial charge in [-0.15, -0.1) is 0 Å². The van der Waals surface area contributed by atoms with Crippen LogP contribution in [0.4, 0.5) is 0 Å². The van der Waals surface area contributed by atoms with Crippen LogP contribution in [0.5, 0.6) is 0 Å². The Morgan fingerprint density at radius 2 is 2.21 bits per heavy atom. The minimum Gasteiger partial charge on any atom is -0.309 e. The van der Waals surface area contributed by atoms with Crippen LogP contribution in [-0.4, -0.2) is 26.7 Å². The lowest BCUT2D eigenvalue weighted by Crippen LogP contribution is -2.35. The first-order valence-electron chi connectivity index (χ1n) is 4.77. The third-order valence-electron chi connectivity index (χ3n) is 2.02. The van der Waals surface area contributed by atoms with E-state index in [-0.39, 0.29) is 4.75 Å². The highest BCUT2D eigenvalue weighted by Crippen LogP contribution is 2.15. The topological polar surface area (TPSA) is 32.3 Å². The molecule has 82 valence electrons. The Labute approximate surface area is 91.2 Å². The maximum Gasteiger partial charge on any atom is 0.122 e. The Morgan fingerprint density at radius 1 is 1.57 bits per heavy atom. The van der Waals surface area contributed by atoms with E-state index in [1.165, 1.54) is 0 Å². The van der Waals surface area contributed by atoms with Crippen molar-refractivity contribution in [2.24, 2.45) is 0 Å². The highest BCUT2D eigenvalue weighted by atomic mass is 32.2. The van der Waals surface area contributed by atoms with Crippen LogP contribution in [0, 0.1) is 0 Å². The number of nitrogens with one attached hydrogen (secondary N) is 1. The van der Waals surface area contributed by atoms with Gasteiger partial charge in [0.2, 0.25) is 0 Å². The molecule has 0 spiro atoms. The molecule has 0 aromatic rings. The molecule has 0 bridgehead atoms. The third-order valence-corrected chi connectivity index (χ3v) is 4.05. The number of hydrogen-bond donors (Lipinski definition) is 1. The van der Waals surface area contributed by atoms with Crippen molar-refractivity contribution in [2.75, 3.05) is 13.1 Å². The Morgan fingerprint density at radius 3 is 2.64 bits per heavy atom. The van der Waals surface area contributed by atoms with Crippen molar-refractivity contribution >= 4 is 20.4 Å². The fraction of sp³-hybridized carbons (Fsp3) is 0.778. The molecule has 0 saturated heterocycles. The molecular formula is C9H19N2OPS. The van der Waals surface area contributed by atoms with Crippen molar-refractivity contribution in [3.05, 3.63) is 11.8 Å². The van der Waals surface area contributed by atoms with Gasteiger partial charge in [0, 0.05) is 25.2 Å². The Hall–Kier alpha value is 0.0800. The molecule has 1 aliphatic rings. The quantitative estimate of drug-likeness (QED) is 0.733. The normalized spacial score (nSPS) is 21.6. The van der Waals surface area contributed by atoms with Gasteiger partial charge in [-0.3, -0.25) is 4.67 Å². The first-order valence-corrected chi connectivity index (χ1v) is 6.43. The summed E-state index contributed by atoms with van der Waals surface area (Å²) in [6, 6.07) is 0. The van der Waals surface area contributed by atoms with E-state index in [0.717, 1.165) is 25.2 Å². The second-order valence-electron chi connectivity index (χ2n) is 4.46. The van der Waals surface area contributed by atoms with E-state index in [9.17, 15) is 4.21 Å². The second-order valence-corrected chi connectivity index (χ2v) is 7.15. The summed E-state index contributed by atoms with van der Waals surface area (Å²) in [7, 11) is 1.69. The van der Waals surface area contributed by atoms with Gasteiger partial charge >= 0.3 is 0 Å². The van der Waals surface area contributed by atoms with Gasteiger partial charge in [0.05, 0.1) is 4.75 Å². The molecule has 1 heterocycles. The van der Waals surface area contributed by atoms with Gasteiger partial charge in [0.25, 0.3) is 0 Å². The maximum atomic E-state index is 11.8. The average Bonchev–Trinajstić information content (AvgIpc) is 2.07. The minimum atomic E-state index is -0.990. The van der Waals surface area contributed by atoms with Crippen molar-refractivity contribution in [3.8, 4) is 0 Å². The number of hydrogen-bond acceptors (Lipinski definition) is 2. The van der Waals surface area contributed by atoms with Crippen LogP contribution in [0.15, 0.2) is 11.8 Å². The van der Waals surface area contributed by atoms with Gasteiger partial charge in [0.1, 0.15) is 11.0 Å². The lowest BCUT2D eigenvalue weighted by molar-refractivity contribution is 0.491. The van der Waals surface area contributed by atoms with Gasteiger partial charge in [-0.25, -0.2) is 4.21 Å². The predicted molar refractivity (Wildman–Crippen MR) is 65.0 cm³/mol. The largest absolute Gasteiger partial charge is 0.309 e. The van der Waals surface area contributed by atoms with Crippen molar-refractivity contribution in [3.63, 3.8) is 0 Å². The molecule has 0 amide bonds. The standard InChI is InChI=1S/C9H19N2OPS/c1-9(2,3)14(12)10-8-4-6-11(13)7-5-8/h4,10H,5-7,13H2,1-3H3. The van der Waals surface area contributed by atoms with Crippen LogP contribution in [0.1, 0.15) is 27.2 Å². The van der Waals surface area contributed by atoms with Crippen LogP contribution in [-0.2, 0) is 11.0 Å². The zero-order valence-electron chi connectivity index (χ0n) is 9.04. The zero-order valence-corrected chi connectivity index (χ0v) is 11.0. The Balaban J connectivity index is 2.50. The van der Waals surface area contributed by atoms with Gasteiger partial charge in [-0.05, 0) is 20.8 Å². The van der Waals surface area contributed by atoms with Gasteiger partial charge in [-0.1, -0.05) is 15.5 Å². The second kappa shape index (κ2) is 4.73. The average molecular weight is 234 g/mol. The smallest absolute Gasteiger partial charge is 0.122 e. The fourth-order valence-corrected chi connectivity index (χ4v) is 2.01. The first-order chi connectivity index (χ1) is 6.39. The van der Waals surface area contributed by atoms with E-state index in [4.69, 9.17) is 0 Å². The first kappa shape index (κ1) is 12.2. The summed E-state index contributed by atoms with van der Waals surface area (Å²) < 4.78 is 16.8. The SMILES string of the molecule is CC(C)(C)S(=O)NC1=CCN(P)CC1. The number of rotatable bonds is 2. The predicted octanol–water partition coefficient (Wildman–Crippen LogP) is 1.42. The summed E-state index contributed by atoms with van der Waals surface area (Å²) in [6.07, 6.45) is 3.05. The van der Waals surface area contributed by atoms with Gasteiger partial charge < -0.3 is 4.72 Å². The third kappa shape index (κ3) is 3.68. The molecule has 5 heteroatoms. The van der Waals surface area contributed by atoms with Gasteiger partial charge in [0.15, 0.2) is 0 Å². The van der Waals surface area contributed by atoms with E-state index in [1.54, 1.807) is 0 Å². The molecule has 0 radical (unpaired) electrons. The van der Waals surface area contributed by atoms with Crippen molar-refractivity contribution < 1.29 is 4.21 Å². The van der Waals surface area contributed by atoms with E-state index in [1.807, 2.05) is 20.8 Å². The minimum absolute atomic E-state index is 0.195. The molecule has 14 heavy (non-hydrogen) atoms. The Bertz CT molecular complexity index is 260. The summed E-state index contributed by atoms with van der Waals surface area (Å²) >= 11 is 0. The summed E-state index contributed by atoms with van der Waals surface area (Å²) in [4.78, 5) is 0. The summed E-state index contributed by atoms with van der Waals surface area (Å²) in [6.45, 7) is 7.84. The molecule has 0 fully saturated rings. The van der Waals surface area contributed by atoms with Crippen molar-refractivity contribution in [1.82, 2.24) is 9.39 Å². The maximum absolute atomic E-state index is 11.8. The molecule has 0 aromatic heterocycles. The van der Waals surface area contributed by atoms with E-state index in [0.29, 0.717) is 0 Å². The Kier molecular flexibility index (Phi) is 4.11. The molecule has 1 N–H and O–H groups in total. The molecule has 0 aromatic carbocycles. The molecular weight excluding hydrogens is 215 g/mol. The molecule has 2 unspecified atom stereocenters. The molecule has 2 atom stereocenters.